The quantitative estimate of drug-likeness (QED) is 0.861. The van der Waals surface area contributed by atoms with Gasteiger partial charge in [-0.25, -0.2) is 4.98 Å². The number of nitrogens with zero attached hydrogens (tertiary/aromatic N) is 1. The third-order valence-corrected chi connectivity index (χ3v) is 2.90. The van der Waals surface area contributed by atoms with Crippen LogP contribution in [0.25, 0.3) is 0 Å². The van der Waals surface area contributed by atoms with Crippen molar-refractivity contribution < 1.29 is 14.2 Å². The van der Waals surface area contributed by atoms with Crippen LogP contribution in [0.4, 0.5) is 0 Å². The summed E-state index contributed by atoms with van der Waals surface area (Å²) in [7, 11) is 0. The van der Waals surface area contributed by atoms with Crippen LogP contribution in [0.5, 0.6) is 5.88 Å². The zero-order valence-electron chi connectivity index (χ0n) is 10.2. The summed E-state index contributed by atoms with van der Waals surface area (Å²) in [5.41, 5.74) is 0.998. The smallest absolute Gasteiger partial charge is 0.216 e. The standard InChI is InChI=1S/C12H16BrNO3/c1-8-4-9(13)5-14-11(8)15-6-10-7-16-12(2,3)17-10/h4-5,10H,6-7H2,1-3H3. The van der Waals surface area contributed by atoms with Crippen molar-refractivity contribution >= 4 is 15.9 Å². The summed E-state index contributed by atoms with van der Waals surface area (Å²) in [6, 6.07) is 1.97. The summed E-state index contributed by atoms with van der Waals surface area (Å²) in [4.78, 5) is 4.21. The number of aryl methyl sites for hydroxylation is 1. The Hall–Kier alpha value is -0.650. The number of rotatable bonds is 3. The van der Waals surface area contributed by atoms with Crippen molar-refractivity contribution in [2.75, 3.05) is 13.2 Å². The van der Waals surface area contributed by atoms with Gasteiger partial charge < -0.3 is 14.2 Å². The van der Waals surface area contributed by atoms with Gasteiger partial charge in [-0.05, 0) is 42.8 Å². The maximum absolute atomic E-state index is 5.65. The number of halogens is 1. The molecule has 1 atom stereocenters. The Labute approximate surface area is 109 Å². The highest BCUT2D eigenvalue weighted by Gasteiger charge is 2.33. The molecule has 0 amide bonds. The van der Waals surface area contributed by atoms with E-state index >= 15 is 0 Å². The Balaban J connectivity index is 1.90. The van der Waals surface area contributed by atoms with Crippen LogP contribution in [-0.4, -0.2) is 30.1 Å². The maximum Gasteiger partial charge on any atom is 0.216 e. The molecule has 0 radical (unpaired) electrons. The van der Waals surface area contributed by atoms with Crippen LogP contribution >= 0.6 is 15.9 Å². The molecule has 0 aliphatic carbocycles. The number of hydrogen-bond donors (Lipinski definition) is 0. The second-order valence-electron chi connectivity index (χ2n) is 4.54. The molecule has 1 fully saturated rings. The van der Waals surface area contributed by atoms with Gasteiger partial charge in [-0.15, -0.1) is 0 Å². The van der Waals surface area contributed by atoms with Gasteiger partial charge in [0.05, 0.1) is 6.61 Å². The Morgan fingerprint density at radius 3 is 2.94 bits per heavy atom. The molecule has 0 bridgehead atoms. The molecular formula is C12H16BrNO3. The second-order valence-corrected chi connectivity index (χ2v) is 5.45. The van der Waals surface area contributed by atoms with Gasteiger partial charge in [0.15, 0.2) is 5.79 Å². The fraction of sp³-hybridized carbons (Fsp3) is 0.583. The summed E-state index contributed by atoms with van der Waals surface area (Å²) >= 11 is 3.37. The summed E-state index contributed by atoms with van der Waals surface area (Å²) in [6.45, 7) is 6.77. The minimum absolute atomic E-state index is 0.0325. The molecule has 4 nitrogen and oxygen atoms in total. The SMILES string of the molecule is Cc1cc(Br)cnc1OCC1COC(C)(C)O1. The van der Waals surface area contributed by atoms with Crippen molar-refractivity contribution in [1.29, 1.82) is 0 Å². The lowest BCUT2D eigenvalue weighted by Crippen LogP contribution is -2.25. The summed E-state index contributed by atoms with van der Waals surface area (Å²) in [6.07, 6.45) is 1.69. The minimum Gasteiger partial charge on any atom is -0.475 e. The van der Waals surface area contributed by atoms with Crippen LogP contribution in [0.2, 0.25) is 0 Å². The van der Waals surface area contributed by atoms with Crippen molar-refractivity contribution in [3.63, 3.8) is 0 Å². The molecule has 1 saturated heterocycles. The first-order chi connectivity index (χ1) is 7.96. The molecule has 1 aromatic heterocycles. The van der Waals surface area contributed by atoms with Crippen molar-refractivity contribution in [3.05, 3.63) is 22.3 Å². The van der Waals surface area contributed by atoms with E-state index in [9.17, 15) is 0 Å². The van der Waals surface area contributed by atoms with Crippen LogP contribution in [0.1, 0.15) is 19.4 Å². The molecule has 0 saturated carbocycles. The molecule has 0 spiro atoms. The van der Waals surface area contributed by atoms with E-state index in [1.807, 2.05) is 26.8 Å². The topological polar surface area (TPSA) is 40.6 Å². The van der Waals surface area contributed by atoms with Gasteiger partial charge in [0.1, 0.15) is 12.7 Å². The Kier molecular flexibility index (Phi) is 3.70. The molecular weight excluding hydrogens is 286 g/mol. The van der Waals surface area contributed by atoms with E-state index in [0.717, 1.165) is 10.0 Å². The second kappa shape index (κ2) is 4.92. The Morgan fingerprint density at radius 2 is 2.35 bits per heavy atom. The van der Waals surface area contributed by atoms with Crippen LogP contribution in [0.3, 0.4) is 0 Å². The molecule has 5 heteroatoms. The molecule has 94 valence electrons. The van der Waals surface area contributed by atoms with Crippen molar-refractivity contribution in [1.82, 2.24) is 4.98 Å². The molecule has 1 aromatic rings. The highest BCUT2D eigenvalue weighted by Crippen LogP contribution is 2.24. The van der Waals surface area contributed by atoms with E-state index in [1.165, 1.54) is 0 Å². The van der Waals surface area contributed by atoms with Gasteiger partial charge in [-0.3, -0.25) is 0 Å². The fourth-order valence-corrected chi connectivity index (χ4v) is 2.14. The van der Waals surface area contributed by atoms with E-state index < -0.39 is 5.79 Å². The lowest BCUT2D eigenvalue weighted by Gasteiger charge is -2.17. The predicted molar refractivity (Wildman–Crippen MR) is 67.1 cm³/mol. The highest BCUT2D eigenvalue weighted by atomic mass is 79.9. The maximum atomic E-state index is 5.65. The molecule has 1 aliphatic heterocycles. The minimum atomic E-state index is -0.504. The molecule has 0 N–H and O–H groups in total. The molecule has 1 aliphatic rings. The normalized spacial score (nSPS) is 22.7. The van der Waals surface area contributed by atoms with Gasteiger partial charge in [0, 0.05) is 16.2 Å². The van der Waals surface area contributed by atoms with Crippen molar-refractivity contribution in [3.8, 4) is 5.88 Å². The molecule has 0 aromatic carbocycles. The zero-order chi connectivity index (χ0) is 12.5. The van der Waals surface area contributed by atoms with E-state index in [1.54, 1.807) is 6.20 Å². The first-order valence-corrected chi connectivity index (χ1v) is 6.32. The molecule has 2 rings (SSSR count). The summed E-state index contributed by atoms with van der Waals surface area (Å²) < 4.78 is 17.7. The van der Waals surface area contributed by atoms with Gasteiger partial charge in [0.25, 0.3) is 0 Å². The first kappa shape index (κ1) is 12.8. The van der Waals surface area contributed by atoms with Crippen LogP contribution in [0.15, 0.2) is 16.7 Å². The largest absolute Gasteiger partial charge is 0.475 e. The summed E-state index contributed by atoms with van der Waals surface area (Å²) in [5.74, 6) is 0.137. The lowest BCUT2D eigenvalue weighted by atomic mass is 10.3. The third kappa shape index (κ3) is 3.40. The van der Waals surface area contributed by atoms with Crippen LogP contribution in [-0.2, 0) is 9.47 Å². The fourth-order valence-electron chi connectivity index (χ4n) is 1.70. The monoisotopic (exact) mass is 301 g/mol. The van der Waals surface area contributed by atoms with Gasteiger partial charge >= 0.3 is 0 Å². The predicted octanol–water partition coefficient (Wildman–Crippen LogP) is 2.68. The number of pyridine rings is 1. The lowest BCUT2D eigenvalue weighted by molar-refractivity contribution is -0.141. The van der Waals surface area contributed by atoms with Crippen LogP contribution in [0, 0.1) is 6.92 Å². The van der Waals surface area contributed by atoms with E-state index in [-0.39, 0.29) is 6.10 Å². The average molecular weight is 302 g/mol. The van der Waals surface area contributed by atoms with Crippen LogP contribution < -0.4 is 4.74 Å². The Bertz CT molecular complexity index is 409. The summed E-state index contributed by atoms with van der Waals surface area (Å²) in [5, 5.41) is 0. The number of ether oxygens (including phenoxy) is 3. The molecule has 2 heterocycles. The van der Waals surface area contributed by atoms with Crippen molar-refractivity contribution in [2.24, 2.45) is 0 Å². The van der Waals surface area contributed by atoms with Gasteiger partial charge in [-0.2, -0.15) is 0 Å². The molecule has 1 unspecified atom stereocenters. The Morgan fingerprint density at radius 1 is 1.59 bits per heavy atom. The number of hydrogen-bond acceptors (Lipinski definition) is 4. The first-order valence-electron chi connectivity index (χ1n) is 5.53. The molecule has 17 heavy (non-hydrogen) atoms. The zero-order valence-corrected chi connectivity index (χ0v) is 11.8. The van der Waals surface area contributed by atoms with Gasteiger partial charge in [0.2, 0.25) is 5.88 Å². The number of aromatic nitrogens is 1. The van der Waals surface area contributed by atoms with E-state index in [2.05, 4.69) is 20.9 Å². The van der Waals surface area contributed by atoms with Crippen molar-refractivity contribution in [2.45, 2.75) is 32.7 Å². The highest BCUT2D eigenvalue weighted by molar-refractivity contribution is 9.10. The third-order valence-electron chi connectivity index (χ3n) is 2.47. The van der Waals surface area contributed by atoms with E-state index in [4.69, 9.17) is 14.2 Å². The average Bonchev–Trinajstić information content (AvgIpc) is 2.57. The van der Waals surface area contributed by atoms with E-state index in [0.29, 0.717) is 19.1 Å². The van der Waals surface area contributed by atoms with Gasteiger partial charge in [-0.1, -0.05) is 0 Å².